The van der Waals surface area contributed by atoms with E-state index in [0.717, 1.165) is 31.7 Å². The highest BCUT2D eigenvalue weighted by Gasteiger charge is 2.13. The first kappa shape index (κ1) is 16.9. The van der Waals surface area contributed by atoms with Crippen LogP contribution in [0, 0.1) is 10.1 Å². The maximum atomic E-state index is 12.2. The predicted octanol–water partition coefficient (Wildman–Crippen LogP) is 3.44. The Morgan fingerprint density at radius 3 is 2.20 bits per heavy atom. The minimum Gasteiger partial charge on any atom is -0.382 e. The minimum absolute atomic E-state index is 0.0416. The lowest BCUT2D eigenvalue weighted by molar-refractivity contribution is -0.384. The highest BCUT2D eigenvalue weighted by atomic mass is 16.6. The highest BCUT2D eigenvalue weighted by Crippen LogP contribution is 2.19. The molecular formula is C18H19N3O4. The molecule has 0 saturated carbocycles. The number of nitrogens with zero attached hydrogens (tertiary/aromatic N) is 1. The molecule has 2 aromatic rings. The van der Waals surface area contributed by atoms with Gasteiger partial charge < -0.3 is 15.4 Å². The maximum absolute atomic E-state index is 12.2. The Kier molecular flexibility index (Phi) is 5.25. The molecule has 0 radical (unpaired) electrons. The standard InChI is InChI=1S/C18H19N3O4/c22-18(13-1-7-17(8-2-13)21(23)24)20-15-5-3-14(4-6-15)19-16-9-11-25-12-10-16/h1-8,16,19H,9-12H2,(H,20,22). The molecule has 2 aromatic carbocycles. The molecule has 25 heavy (non-hydrogen) atoms. The van der Waals surface area contributed by atoms with E-state index < -0.39 is 4.92 Å². The van der Waals surface area contributed by atoms with Gasteiger partial charge in [0.1, 0.15) is 0 Å². The van der Waals surface area contributed by atoms with E-state index in [0.29, 0.717) is 17.3 Å². The molecule has 0 atom stereocenters. The second-order valence-corrected chi connectivity index (χ2v) is 5.87. The Hall–Kier alpha value is -2.93. The lowest BCUT2D eigenvalue weighted by Crippen LogP contribution is -2.27. The van der Waals surface area contributed by atoms with Crippen molar-refractivity contribution >= 4 is 23.0 Å². The van der Waals surface area contributed by atoms with Gasteiger partial charge in [-0.05, 0) is 49.2 Å². The normalized spacial score (nSPS) is 14.7. The van der Waals surface area contributed by atoms with Crippen LogP contribution in [0.2, 0.25) is 0 Å². The van der Waals surface area contributed by atoms with Gasteiger partial charge in [-0.15, -0.1) is 0 Å². The molecule has 2 N–H and O–H groups in total. The fourth-order valence-corrected chi connectivity index (χ4v) is 2.67. The van der Waals surface area contributed by atoms with Crippen LogP contribution in [0.3, 0.4) is 0 Å². The topological polar surface area (TPSA) is 93.5 Å². The van der Waals surface area contributed by atoms with Gasteiger partial charge in [-0.25, -0.2) is 0 Å². The minimum atomic E-state index is -0.494. The average Bonchev–Trinajstić information content (AvgIpc) is 2.64. The molecule has 7 nitrogen and oxygen atoms in total. The first-order chi connectivity index (χ1) is 12.1. The Balaban J connectivity index is 1.58. The van der Waals surface area contributed by atoms with E-state index in [1.54, 1.807) is 0 Å². The zero-order chi connectivity index (χ0) is 17.6. The summed E-state index contributed by atoms with van der Waals surface area (Å²) in [5.74, 6) is -0.306. The van der Waals surface area contributed by atoms with Crippen LogP contribution in [0.5, 0.6) is 0 Å². The molecule has 0 spiro atoms. The zero-order valence-electron chi connectivity index (χ0n) is 13.6. The summed E-state index contributed by atoms with van der Waals surface area (Å²) in [7, 11) is 0. The van der Waals surface area contributed by atoms with Crippen molar-refractivity contribution in [2.24, 2.45) is 0 Å². The van der Waals surface area contributed by atoms with Crippen molar-refractivity contribution < 1.29 is 14.5 Å². The monoisotopic (exact) mass is 341 g/mol. The number of amides is 1. The number of nitrogens with one attached hydrogen (secondary N) is 2. The smallest absolute Gasteiger partial charge is 0.269 e. The number of nitro benzene ring substituents is 1. The summed E-state index contributed by atoms with van der Waals surface area (Å²) in [5, 5.41) is 16.9. The predicted molar refractivity (Wildman–Crippen MR) is 95.0 cm³/mol. The number of rotatable bonds is 5. The largest absolute Gasteiger partial charge is 0.382 e. The molecule has 0 unspecified atom stereocenters. The fourth-order valence-electron chi connectivity index (χ4n) is 2.67. The zero-order valence-corrected chi connectivity index (χ0v) is 13.6. The molecule has 0 aliphatic carbocycles. The third-order valence-electron chi connectivity index (χ3n) is 4.08. The Bertz CT molecular complexity index is 738. The molecule has 1 saturated heterocycles. The van der Waals surface area contributed by atoms with Crippen LogP contribution in [0.25, 0.3) is 0 Å². The summed E-state index contributed by atoms with van der Waals surface area (Å²) < 4.78 is 5.34. The van der Waals surface area contributed by atoms with Crippen molar-refractivity contribution in [3.8, 4) is 0 Å². The molecule has 1 fully saturated rings. The number of carbonyl (C=O) groups is 1. The third-order valence-corrected chi connectivity index (χ3v) is 4.08. The Morgan fingerprint density at radius 2 is 1.60 bits per heavy atom. The van der Waals surface area contributed by atoms with Crippen LogP contribution in [0.15, 0.2) is 48.5 Å². The number of non-ortho nitro benzene ring substituents is 1. The number of hydrogen-bond donors (Lipinski definition) is 2. The van der Waals surface area contributed by atoms with E-state index in [4.69, 9.17) is 4.74 Å². The van der Waals surface area contributed by atoms with Crippen molar-refractivity contribution in [2.75, 3.05) is 23.8 Å². The number of ether oxygens (including phenoxy) is 1. The van der Waals surface area contributed by atoms with Gasteiger partial charge in [-0.2, -0.15) is 0 Å². The molecule has 7 heteroatoms. The summed E-state index contributed by atoms with van der Waals surface area (Å²) in [6.45, 7) is 1.56. The van der Waals surface area contributed by atoms with Crippen LogP contribution in [0.1, 0.15) is 23.2 Å². The second kappa shape index (κ2) is 7.76. The van der Waals surface area contributed by atoms with Gasteiger partial charge in [0.25, 0.3) is 11.6 Å². The van der Waals surface area contributed by atoms with Crippen molar-refractivity contribution in [3.05, 3.63) is 64.2 Å². The summed E-state index contributed by atoms with van der Waals surface area (Å²) in [6, 6.07) is 13.4. The lowest BCUT2D eigenvalue weighted by Gasteiger charge is -2.24. The van der Waals surface area contributed by atoms with Crippen molar-refractivity contribution in [3.63, 3.8) is 0 Å². The van der Waals surface area contributed by atoms with Crippen molar-refractivity contribution in [2.45, 2.75) is 18.9 Å². The molecule has 1 aliphatic heterocycles. The third kappa shape index (κ3) is 4.54. The number of carbonyl (C=O) groups excluding carboxylic acids is 1. The second-order valence-electron chi connectivity index (χ2n) is 5.87. The van der Waals surface area contributed by atoms with Crippen LogP contribution < -0.4 is 10.6 Å². The average molecular weight is 341 g/mol. The first-order valence-corrected chi connectivity index (χ1v) is 8.12. The van der Waals surface area contributed by atoms with Gasteiger partial charge in [0, 0.05) is 48.3 Å². The van der Waals surface area contributed by atoms with E-state index in [-0.39, 0.29) is 11.6 Å². The summed E-state index contributed by atoms with van der Waals surface area (Å²) in [6.07, 6.45) is 1.97. The van der Waals surface area contributed by atoms with E-state index in [1.165, 1.54) is 24.3 Å². The van der Waals surface area contributed by atoms with Gasteiger partial charge in [-0.3, -0.25) is 14.9 Å². The molecule has 1 amide bonds. The van der Waals surface area contributed by atoms with E-state index in [1.807, 2.05) is 24.3 Å². The van der Waals surface area contributed by atoms with Gasteiger partial charge in [0.05, 0.1) is 4.92 Å². The van der Waals surface area contributed by atoms with Crippen molar-refractivity contribution in [1.82, 2.24) is 0 Å². The Morgan fingerprint density at radius 1 is 1.00 bits per heavy atom. The van der Waals surface area contributed by atoms with Crippen LogP contribution in [-0.4, -0.2) is 30.1 Å². The fraction of sp³-hybridized carbons (Fsp3) is 0.278. The van der Waals surface area contributed by atoms with Crippen LogP contribution in [0.4, 0.5) is 17.1 Å². The molecule has 1 aliphatic rings. The molecule has 0 aromatic heterocycles. The van der Waals surface area contributed by atoms with Crippen molar-refractivity contribution in [1.29, 1.82) is 0 Å². The maximum Gasteiger partial charge on any atom is 0.269 e. The van der Waals surface area contributed by atoms with Gasteiger partial charge in [0.2, 0.25) is 0 Å². The number of hydrogen-bond acceptors (Lipinski definition) is 5. The molecule has 130 valence electrons. The number of anilines is 2. The number of benzene rings is 2. The summed E-state index contributed by atoms with van der Waals surface area (Å²) in [4.78, 5) is 22.3. The molecule has 1 heterocycles. The lowest BCUT2D eigenvalue weighted by atomic mass is 10.1. The van der Waals surface area contributed by atoms with E-state index in [2.05, 4.69) is 10.6 Å². The highest BCUT2D eigenvalue weighted by molar-refractivity contribution is 6.04. The van der Waals surface area contributed by atoms with Crippen LogP contribution in [-0.2, 0) is 4.74 Å². The van der Waals surface area contributed by atoms with Gasteiger partial charge in [-0.1, -0.05) is 0 Å². The summed E-state index contributed by atoms with van der Waals surface area (Å²) >= 11 is 0. The van der Waals surface area contributed by atoms with E-state index >= 15 is 0 Å². The van der Waals surface area contributed by atoms with Gasteiger partial charge in [0.15, 0.2) is 0 Å². The SMILES string of the molecule is O=C(Nc1ccc(NC2CCOCC2)cc1)c1ccc([N+](=O)[O-])cc1. The molecular weight excluding hydrogens is 322 g/mol. The van der Waals surface area contributed by atoms with Crippen LogP contribution >= 0.6 is 0 Å². The van der Waals surface area contributed by atoms with E-state index in [9.17, 15) is 14.9 Å². The quantitative estimate of drug-likeness (QED) is 0.642. The first-order valence-electron chi connectivity index (χ1n) is 8.12. The van der Waals surface area contributed by atoms with Gasteiger partial charge >= 0.3 is 0 Å². The number of nitro groups is 1. The Labute approximate surface area is 145 Å². The summed E-state index contributed by atoms with van der Waals surface area (Å²) in [5.41, 5.74) is 2.00. The molecule has 0 bridgehead atoms. The molecule has 3 rings (SSSR count).